The summed E-state index contributed by atoms with van der Waals surface area (Å²) in [5.74, 6) is 6.77. The zero-order valence-corrected chi connectivity index (χ0v) is 16.8. The predicted octanol–water partition coefficient (Wildman–Crippen LogP) is 2.94. The van der Waals surface area contributed by atoms with Crippen LogP contribution in [0.4, 0.5) is 0 Å². The summed E-state index contributed by atoms with van der Waals surface area (Å²) in [6.07, 6.45) is 6.25. The van der Waals surface area contributed by atoms with Gasteiger partial charge < -0.3 is 5.11 Å². The zero-order valence-electron chi connectivity index (χ0n) is 16.8. The van der Waals surface area contributed by atoms with Crippen LogP contribution in [0.5, 0.6) is 0 Å². The number of pyridine rings is 1. The summed E-state index contributed by atoms with van der Waals surface area (Å²) in [6, 6.07) is 16.1. The van der Waals surface area contributed by atoms with Crippen LogP contribution in [0, 0.1) is 17.8 Å². The molecule has 3 aliphatic rings. The number of aliphatic hydroxyl groups is 1. The van der Waals surface area contributed by atoms with E-state index in [1.807, 2.05) is 36.4 Å². The van der Waals surface area contributed by atoms with Gasteiger partial charge in [0.15, 0.2) is 0 Å². The maximum Gasteiger partial charge on any atom is 0.141 e. The van der Waals surface area contributed by atoms with Gasteiger partial charge in [-0.25, -0.2) is 0 Å². The Morgan fingerprint density at radius 3 is 2.60 bits per heavy atom. The normalized spacial score (nSPS) is 24.8. The second kappa shape index (κ2) is 7.98. The molecule has 3 aliphatic heterocycles. The van der Waals surface area contributed by atoms with Crippen molar-refractivity contribution in [1.82, 2.24) is 20.1 Å². The van der Waals surface area contributed by atoms with E-state index in [2.05, 4.69) is 44.1 Å². The number of nitrogens with zero attached hydrogens (tertiary/aromatic N) is 4. The maximum absolute atomic E-state index is 11.2. The third-order valence-electron chi connectivity index (χ3n) is 6.20. The van der Waals surface area contributed by atoms with Gasteiger partial charge in [0.2, 0.25) is 0 Å². The van der Waals surface area contributed by atoms with Gasteiger partial charge in [-0.15, -0.1) is 5.10 Å². The second-order valence-corrected chi connectivity index (χ2v) is 8.22. The molecule has 6 rings (SSSR count). The first kappa shape index (κ1) is 18.9. The van der Waals surface area contributed by atoms with Crippen LogP contribution in [0.2, 0.25) is 0 Å². The number of benzene rings is 1. The van der Waals surface area contributed by atoms with Crippen molar-refractivity contribution in [3.63, 3.8) is 0 Å². The zero-order chi connectivity index (χ0) is 20.4. The number of hydrogen-bond donors (Lipinski definition) is 1. The van der Waals surface area contributed by atoms with Gasteiger partial charge in [0.1, 0.15) is 11.3 Å². The van der Waals surface area contributed by atoms with Gasteiger partial charge in [0, 0.05) is 30.4 Å². The summed E-state index contributed by atoms with van der Waals surface area (Å²) in [5, 5.41) is 19.3. The van der Waals surface area contributed by atoms with Crippen molar-refractivity contribution in [2.75, 3.05) is 19.6 Å². The van der Waals surface area contributed by atoms with E-state index in [4.69, 9.17) is 0 Å². The Kier molecular flexibility index (Phi) is 5.04. The largest absolute Gasteiger partial charge is 0.376 e. The highest BCUT2D eigenvalue weighted by molar-refractivity contribution is 5.57. The molecule has 1 unspecified atom stereocenters. The van der Waals surface area contributed by atoms with Crippen molar-refractivity contribution in [3.8, 4) is 23.2 Å². The van der Waals surface area contributed by atoms with Crippen LogP contribution in [0.15, 0.2) is 60.9 Å². The first-order valence-corrected chi connectivity index (χ1v) is 10.5. The lowest BCUT2D eigenvalue weighted by Crippen LogP contribution is -2.58. The van der Waals surface area contributed by atoms with Crippen LogP contribution >= 0.6 is 0 Å². The molecular formula is C25H24N4O. The molecule has 0 radical (unpaired) electrons. The van der Waals surface area contributed by atoms with E-state index < -0.39 is 5.60 Å². The average molecular weight is 396 g/mol. The van der Waals surface area contributed by atoms with E-state index >= 15 is 0 Å². The molecule has 0 amide bonds. The van der Waals surface area contributed by atoms with Crippen molar-refractivity contribution < 1.29 is 5.11 Å². The SMILES string of the molecule is OC1(C#Cc2cnc(-c3cccnn3)cc2Cc2ccccc2)CN2CCC1CC2. The summed E-state index contributed by atoms with van der Waals surface area (Å²) >= 11 is 0. The van der Waals surface area contributed by atoms with E-state index in [9.17, 15) is 5.11 Å². The lowest BCUT2D eigenvalue weighted by Gasteiger charge is -2.47. The number of fused-ring (bicyclic) bond motifs is 3. The lowest BCUT2D eigenvalue weighted by molar-refractivity contribution is -0.0713. The number of rotatable bonds is 3. The smallest absolute Gasteiger partial charge is 0.141 e. The van der Waals surface area contributed by atoms with Crippen LogP contribution in [0.25, 0.3) is 11.4 Å². The first-order chi connectivity index (χ1) is 14.7. The highest BCUT2D eigenvalue weighted by atomic mass is 16.3. The maximum atomic E-state index is 11.2. The minimum Gasteiger partial charge on any atom is -0.376 e. The highest BCUT2D eigenvalue weighted by Gasteiger charge is 2.44. The van der Waals surface area contributed by atoms with Gasteiger partial charge >= 0.3 is 0 Å². The van der Waals surface area contributed by atoms with Crippen molar-refractivity contribution in [2.45, 2.75) is 24.9 Å². The Morgan fingerprint density at radius 1 is 1.07 bits per heavy atom. The van der Waals surface area contributed by atoms with Crippen molar-refractivity contribution in [1.29, 1.82) is 0 Å². The van der Waals surface area contributed by atoms with Crippen molar-refractivity contribution in [2.24, 2.45) is 5.92 Å². The quantitative estimate of drug-likeness (QED) is 0.690. The highest BCUT2D eigenvalue weighted by Crippen LogP contribution is 2.35. The molecule has 1 atom stereocenters. The molecule has 3 aromatic rings. The van der Waals surface area contributed by atoms with Crippen molar-refractivity contribution >= 4 is 0 Å². The standard InChI is InChI=1S/C25H24N4O/c30-25(18-29-13-9-22(25)10-14-29)11-8-20-17-26-24(23-7-4-12-27-28-23)16-21(20)15-19-5-2-1-3-6-19/h1-7,12,16-17,22,30H,9-10,13-15,18H2. The molecule has 1 N–H and O–H groups in total. The van der Waals surface area contributed by atoms with Gasteiger partial charge in [0.25, 0.3) is 0 Å². The summed E-state index contributed by atoms with van der Waals surface area (Å²) in [5.41, 5.74) is 3.73. The van der Waals surface area contributed by atoms with Gasteiger partial charge in [-0.2, -0.15) is 5.10 Å². The molecule has 0 saturated carbocycles. The molecule has 3 saturated heterocycles. The van der Waals surface area contributed by atoms with E-state index in [1.165, 1.54) is 5.56 Å². The second-order valence-electron chi connectivity index (χ2n) is 8.22. The van der Waals surface area contributed by atoms with E-state index in [-0.39, 0.29) is 5.92 Å². The van der Waals surface area contributed by atoms with E-state index in [0.717, 1.165) is 54.9 Å². The molecule has 150 valence electrons. The molecule has 1 aromatic carbocycles. The molecule has 0 aliphatic carbocycles. The van der Waals surface area contributed by atoms with Crippen molar-refractivity contribution in [3.05, 3.63) is 77.6 Å². The Morgan fingerprint density at radius 2 is 1.90 bits per heavy atom. The fourth-order valence-corrected chi connectivity index (χ4v) is 4.51. The minimum atomic E-state index is -0.926. The van der Waals surface area contributed by atoms with Crippen LogP contribution in [-0.4, -0.2) is 50.4 Å². The molecule has 5 nitrogen and oxygen atoms in total. The van der Waals surface area contributed by atoms with Gasteiger partial charge in [-0.05, 0) is 61.7 Å². The van der Waals surface area contributed by atoms with Crippen LogP contribution in [0.1, 0.15) is 29.5 Å². The third kappa shape index (κ3) is 3.85. The fourth-order valence-electron chi connectivity index (χ4n) is 4.51. The van der Waals surface area contributed by atoms with E-state index in [1.54, 1.807) is 12.4 Å². The number of piperidine rings is 3. The molecule has 2 bridgehead atoms. The molecule has 3 fully saturated rings. The van der Waals surface area contributed by atoms with Gasteiger partial charge in [-0.1, -0.05) is 42.2 Å². The first-order valence-electron chi connectivity index (χ1n) is 10.5. The van der Waals surface area contributed by atoms with Gasteiger partial charge in [-0.3, -0.25) is 9.88 Å². The third-order valence-corrected chi connectivity index (χ3v) is 6.20. The fraction of sp³-hybridized carbons (Fsp3) is 0.320. The predicted molar refractivity (Wildman–Crippen MR) is 116 cm³/mol. The Balaban J connectivity index is 1.51. The summed E-state index contributed by atoms with van der Waals surface area (Å²) in [4.78, 5) is 6.90. The molecule has 5 heteroatoms. The van der Waals surface area contributed by atoms with Gasteiger partial charge in [0.05, 0.1) is 5.69 Å². The number of hydrogen-bond acceptors (Lipinski definition) is 5. The van der Waals surface area contributed by atoms with Crippen LogP contribution in [0.3, 0.4) is 0 Å². The van der Waals surface area contributed by atoms with Crippen LogP contribution < -0.4 is 0 Å². The summed E-state index contributed by atoms with van der Waals surface area (Å²) < 4.78 is 0. The van der Waals surface area contributed by atoms with E-state index in [0.29, 0.717) is 6.54 Å². The molecule has 2 aromatic heterocycles. The molecule has 0 spiro atoms. The monoisotopic (exact) mass is 396 g/mol. The average Bonchev–Trinajstić information content (AvgIpc) is 2.80. The Labute approximate surface area is 176 Å². The Bertz CT molecular complexity index is 1080. The summed E-state index contributed by atoms with van der Waals surface area (Å²) in [7, 11) is 0. The minimum absolute atomic E-state index is 0.263. The molecule has 30 heavy (non-hydrogen) atoms. The summed E-state index contributed by atoms with van der Waals surface area (Å²) in [6.45, 7) is 2.79. The molecular weight excluding hydrogens is 372 g/mol. The Hall–Kier alpha value is -3.07. The molecule has 5 heterocycles. The topological polar surface area (TPSA) is 62.1 Å². The lowest BCUT2D eigenvalue weighted by atomic mass is 9.75. The van der Waals surface area contributed by atoms with Crippen LogP contribution in [-0.2, 0) is 6.42 Å². The number of aromatic nitrogens is 3.